The highest BCUT2D eigenvalue weighted by Gasteiger charge is 2.19. The number of hydrogen-bond donors (Lipinski definition) is 2. The van der Waals surface area contributed by atoms with Crippen molar-refractivity contribution in [1.29, 1.82) is 0 Å². The third-order valence-corrected chi connectivity index (χ3v) is 6.29. The van der Waals surface area contributed by atoms with Gasteiger partial charge >= 0.3 is 0 Å². The van der Waals surface area contributed by atoms with Crippen LogP contribution < -0.4 is 10.0 Å². The molecule has 0 fully saturated rings. The van der Waals surface area contributed by atoms with Gasteiger partial charge < -0.3 is 5.32 Å². The molecule has 1 aliphatic rings. The van der Waals surface area contributed by atoms with Gasteiger partial charge in [-0.3, -0.25) is 14.5 Å². The lowest BCUT2D eigenvalue weighted by molar-refractivity contribution is 0.102. The van der Waals surface area contributed by atoms with Crippen LogP contribution in [0.4, 0.5) is 5.69 Å². The van der Waals surface area contributed by atoms with E-state index in [9.17, 15) is 13.2 Å². The van der Waals surface area contributed by atoms with E-state index < -0.39 is 10.0 Å². The molecular weight excluding hydrogens is 414 g/mol. The number of aromatic nitrogens is 2. The highest BCUT2D eigenvalue weighted by Crippen LogP contribution is 2.18. The number of amides is 1. The van der Waals surface area contributed by atoms with E-state index in [1.165, 1.54) is 12.1 Å². The molecule has 2 heterocycles. The predicted octanol–water partition coefficient (Wildman–Crippen LogP) is 3.21. The lowest BCUT2D eigenvalue weighted by Crippen LogP contribution is -2.29. The first-order chi connectivity index (χ1) is 14.8. The van der Waals surface area contributed by atoms with Crippen LogP contribution in [0.1, 0.15) is 34.6 Å². The summed E-state index contributed by atoms with van der Waals surface area (Å²) in [6.07, 6.45) is 1.45. The minimum absolute atomic E-state index is 0.0692. The Kier molecular flexibility index (Phi) is 5.60. The molecule has 0 spiro atoms. The van der Waals surface area contributed by atoms with Gasteiger partial charge in [-0.2, -0.15) is 5.10 Å². The molecule has 1 aliphatic heterocycles. The second-order valence-electron chi connectivity index (χ2n) is 7.41. The molecule has 0 bridgehead atoms. The van der Waals surface area contributed by atoms with Crippen molar-refractivity contribution in [3.63, 3.8) is 0 Å². The van der Waals surface area contributed by atoms with Gasteiger partial charge in [0, 0.05) is 29.9 Å². The van der Waals surface area contributed by atoms with Crippen molar-refractivity contribution in [3.05, 3.63) is 71.5 Å². The van der Waals surface area contributed by atoms with Gasteiger partial charge in [0.15, 0.2) is 0 Å². The van der Waals surface area contributed by atoms with Crippen LogP contribution in [0.3, 0.4) is 0 Å². The molecular formula is C22H23N5O3S. The van der Waals surface area contributed by atoms with Crippen LogP contribution in [-0.2, 0) is 10.0 Å². The first kappa shape index (κ1) is 20.8. The van der Waals surface area contributed by atoms with E-state index in [2.05, 4.69) is 20.1 Å². The molecule has 0 unspecified atom stereocenters. The number of nitrogens with one attached hydrogen (secondary N) is 2. The van der Waals surface area contributed by atoms with Crippen LogP contribution in [-0.4, -0.2) is 36.5 Å². The Hall–Kier alpha value is -3.46. The van der Waals surface area contributed by atoms with Crippen LogP contribution in [0.5, 0.6) is 0 Å². The molecule has 4 rings (SSSR count). The second kappa shape index (κ2) is 8.35. The lowest BCUT2D eigenvalue weighted by Gasteiger charge is -2.10. The Balaban J connectivity index is 1.48. The fourth-order valence-electron chi connectivity index (χ4n) is 3.43. The molecule has 2 N–H and O–H groups in total. The monoisotopic (exact) mass is 437 g/mol. The number of aryl methyl sites for hydroxylation is 2. The van der Waals surface area contributed by atoms with E-state index in [1.807, 2.05) is 36.7 Å². The predicted molar refractivity (Wildman–Crippen MR) is 119 cm³/mol. The van der Waals surface area contributed by atoms with Crippen molar-refractivity contribution in [2.24, 2.45) is 4.99 Å². The average molecular weight is 438 g/mol. The third-order valence-electron chi connectivity index (χ3n) is 4.91. The number of rotatable bonds is 5. The van der Waals surface area contributed by atoms with Gasteiger partial charge in [-0.25, -0.2) is 13.1 Å². The Labute approximate surface area is 181 Å². The fraction of sp³-hybridized carbons (Fsp3) is 0.227. The van der Waals surface area contributed by atoms with E-state index in [-0.39, 0.29) is 10.8 Å². The number of benzene rings is 2. The van der Waals surface area contributed by atoms with Crippen molar-refractivity contribution in [1.82, 2.24) is 14.5 Å². The standard InChI is InChI=1S/C22H23N5O3S/c1-15-13-16(2)27(25-15)19-10-8-17(9-11-19)22(28)24-18-5-3-6-20(14-18)31(29,30)26-21-7-4-12-23-21/h3,5-6,8-11,13-14H,4,7,12H2,1-2H3,(H,23,26)(H,24,28). The van der Waals surface area contributed by atoms with E-state index in [1.54, 1.807) is 24.3 Å². The van der Waals surface area contributed by atoms with Crippen LogP contribution in [0, 0.1) is 13.8 Å². The lowest BCUT2D eigenvalue weighted by atomic mass is 10.2. The van der Waals surface area contributed by atoms with Gasteiger partial charge in [-0.05, 0) is 68.8 Å². The first-order valence-electron chi connectivity index (χ1n) is 9.93. The van der Waals surface area contributed by atoms with E-state index in [0.717, 1.165) is 23.5 Å². The van der Waals surface area contributed by atoms with Gasteiger partial charge in [0.2, 0.25) is 0 Å². The average Bonchev–Trinajstić information content (AvgIpc) is 3.36. The SMILES string of the molecule is Cc1cc(C)n(-c2ccc(C(=O)Nc3cccc(S(=O)(=O)NC4=NCCC4)c3)cc2)n1. The van der Waals surface area contributed by atoms with Crippen molar-refractivity contribution >= 4 is 27.5 Å². The fourth-order valence-corrected chi connectivity index (χ4v) is 4.56. The Morgan fingerprint density at radius 3 is 2.48 bits per heavy atom. The van der Waals surface area contributed by atoms with Crippen molar-refractivity contribution in [2.45, 2.75) is 31.6 Å². The maximum Gasteiger partial charge on any atom is 0.262 e. The van der Waals surface area contributed by atoms with Crippen molar-refractivity contribution in [2.75, 3.05) is 11.9 Å². The minimum atomic E-state index is -3.75. The molecule has 8 nitrogen and oxygen atoms in total. The Morgan fingerprint density at radius 2 is 1.84 bits per heavy atom. The number of aliphatic imine (C=N–C) groups is 1. The highest BCUT2D eigenvalue weighted by atomic mass is 32.2. The smallest absolute Gasteiger partial charge is 0.262 e. The molecule has 31 heavy (non-hydrogen) atoms. The van der Waals surface area contributed by atoms with Crippen LogP contribution in [0.15, 0.2) is 64.5 Å². The summed E-state index contributed by atoms with van der Waals surface area (Å²) in [5.41, 5.74) is 3.63. The van der Waals surface area contributed by atoms with Crippen LogP contribution in [0.25, 0.3) is 5.69 Å². The summed E-state index contributed by atoms with van der Waals surface area (Å²) in [5, 5.41) is 7.19. The Bertz CT molecular complexity index is 1260. The topological polar surface area (TPSA) is 105 Å². The molecule has 0 saturated heterocycles. The molecule has 2 aromatic carbocycles. The highest BCUT2D eigenvalue weighted by molar-refractivity contribution is 7.90. The van der Waals surface area contributed by atoms with Gasteiger partial charge in [0.25, 0.3) is 15.9 Å². The molecule has 0 aliphatic carbocycles. The number of carbonyl (C=O) groups is 1. The molecule has 9 heteroatoms. The zero-order valence-corrected chi connectivity index (χ0v) is 18.1. The summed E-state index contributed by atoms with van der Waals surface area (Å²) in [6.45, 7) is 4.53. The van der Waals surface area contributed by atoms with Gasteiger partial charge in [-0.1, -0.05) is 6.07 Å². The second-order valence-corrected chi connectivity index (χ2v) is 9.09. The molecule has 0 saturated carbocycles. The van der Waals surface area contributed by atoms with E-state index in [4.69, 9.17) is 0 Å². The van der Waals surface area contributed by atoms with E-state index in [0.29, 0.717) is 30.1 Å². The van der Waals surface area contributed by atoms with E-state index >= 15 is 0 Å². The number of anilines is 1. The minimum Gasteiger partial charge on any atom is -0.322 e. The molecule has 160 valence electrons. The summed E-state index contributed by atoms with van der Waals surface area (Å²) in [7, 11) is -3.75. The number of nitrogens with zero attached hydrogens (tertiary/aromatic N) is 3. The summed E-state index contributed by atoms with van der Waals surface area (Å²) in [6, 6.07) is 15.2. The number of sulfonamides is 1. The third kappa shape index (κ3) is 4.66. The molecule has 1 amide bonds. The maximum absolute atomic E-state index is 12.7. The largest absolute Gasteiger partial charge is 0.322 e. The van der Waals surface area contributed by atoms with Crippen LogP contribution >= 0.6 is 0 Å². The first-order valence-corrected chi connectivity index (χ1v) is 11.4. The number of amidine groups is 1. The number of hydrogen-bond acceptors (Lipinski definition) is 5. The Morgan fingerprint density at radius 1 is 1.06 bits per heavy atom. The van der Waals surface area contributed by atoms with Crippen molar-refractivity contribution < 1.29 is 13.2 Å². The van der Waals surface area contributed by atoms with Gasteiger partial charge in [-0.15, -0.1) is 0 Å². The summed E-state index contributed by atoms with van der Waals surface area (Å²) >= 11 is 0. The van der Waals surface area contributed by atoms with Gasteiger partial charge in [0.1, 0.15) is 5.84 Å². The van der Waals surface area contributed by atoms with Crippen LogP contribution in [0.2, 0.25) is 0 Å². The van der Waals surface area contributed by atoms with Gasteiger partial charge in [0.05, 0.1) is 16.3 Å². The molecule has 1 aromatic heterocycles. The zero-order chi connectivity index (χ0) is 22.0. The summed E-state index contributed by atoms with van der Waals surface area (Å²) < 4.78 is 29.5. The summed E-state index contributed by atoms with van der Waals surface area (Å²) in [4.78, 5) is 16.9. The summed E-state index contributed by atoms with van der Waals surface area (Å²) in [5.74, 6) is 0.139. The maximum atomic E-state index is 12.7. The quantitative estimate of drug-likeness (QED) is 0.639. The number of carbonyl (C=O) groups excluding carboxylic acids is 1. The molecule has 0 atom stereocenters. The molecule has 3 aromatic rings. The normalized spacial score (nSPS) is 13.7. The molecule has 0 radical (unpaired) electrons. The van der Waals surface area contributed by atoms with Crippen molar-refractivity contribution in [3.8, 4) is 5.69 Å². The zero-order valence-electron chi connectivity index (χ0n) is 17.3.